The molecule has 0 N–H and O–H groups in total. The van der Waals surface area contributed by atoms with Gasteiger partial charge in [0.2, 0.25) is 5.24 Å². The summed E-state index contributed by atoms with van der Waals surface area (Å²) >= 11 is 5.20. The second-order valence-corrected chi connectivity index (χ2v) is 3.25. The van der Waals surface area contributed by atoms with E-state index in [0.717, 1.165) is 6.42 Å². The molecular weight excluding hydrogens is 176 g/mol. The fraction of sp³-hybridized carbons (Fsp3) is 0.889. The Morgan fingerprint density at radius 1 is 1.42 bits per heavy atom. The van der Waals surface area contributed by atoms with E-state index in [0.29, 0.717) is 6.61 Å². The molecule has 0 unspecified atom stereocenters. The van der Waals surface area contributed by atoms with E-state index in [9.17, 15) is 4.79 Å². The van der Waals surface area contributed by atoms with E-state index in [2.05, 4.69) is 6.92 Å². The lowest BCUT2D eigenvalue weighted by molar-refractivity contribution is -0.121. The number of rotatable bonds is 7. The molecule has 0 aromatic rings. The maximum atomic E-state index is 10.5. The molecule has 0 saturated carbocycles. The van der Waals surface area contributed by atoms with E-state index in [1.165, 1.54) is 19.3 Å². The van der Waals surface area contributed by atoms with Gasteiger partial charge in [-0.3, -0.25) is 4.79 Å². The van der Waals surface area contributed by atoms with Crippen LogP contribution in [0.25, 0.3) is 0 Å². The third-order valence-electron chi connectivity index (χ3n) is 1.69. The second-order valence-electron chi connectivity index (χ2n) is 2.88. The van der Waals surface area contributed by atoms with Crippen LogP contribution in [0.4, 0.5) is 0 Å². The van der Waals surface area contributed by atoms with Crippen LogP contribution >= 0.6 is 11.6 Å². The zero-order valence-electron chi connectivity index (χ0n) is 7.81. The number of carbonyl (C=O) groups is 1. The van der Waals surface area contributed by atoms with Crippen molar-refractivity contribution in [1.29, 1.82) is 0 Å². The molecule has 2 nitrogen and oxygen atoms in total. The van der Waals surface area contributed by atoms with Gasteiger partial charge in [0.05, 0.1) is 0 Å². The van der Waals surface area contributed by atoms with Gasteiger partial charge in [-0.1, -0.05) is 26.2 Å². The summed E-state index contributed by atoms with van der Waals surface area (Å²) in [6.07, 6.45) is 4.17. The van der Waals surface area contributed by atoms with Crippen LogP contribution in [0.5, 0.6) is 0 Å². The fourth-order valence-corrected chi connectivity index (χ4v) is 0.917. The molecule has 3 heteroatoms. The van der Waals surface area contributed by atoms with Crippen molar-refractivity contribution in [3.8, 4) is 0 Å². The minimum absolute atomic E-state index is 0.412. The monoisotopic (exact) mass is 192 g/mol. The molecule has 0 aliphatic heterocycles. The minimum atomic E-state index is -0.451. The zero-order chi connectivity index (χ0) is 9.40. The maximum Gasteiger partial charge on any atom is 0.250 e. The van der Waals surface area contributed by atoms with Gasteiger partial charge >= 0.3 is 0 Å². The van der Waals surface area contributed by atoms with E-state index in [-0.39, 0.29) is 0 Å². The molecule has 0 aliphatic carbocycles. The van der Waals surface area contributed by atoms with Crippen LogP contribution in [-0.2, 0) is 9.53 Å². The van der Waals surface area contributed by atoms with Crippen LogP contribution < -0.4 is 0 Å². The van der Waals surface area contributed by atoms with Crippen molar-refractivity contribution in [3.63, 3.8) is 0 Å². The number of halogens is 1. The first-order chi connectivity index (χ1) is 5.68. The van der Waals surface area contributed by atoms with E-state index < -0.39 is 11.3 Å². The molecule has 0 aliphatic rings. The highest BCUT2D eigenvalue weighted by atomic mass is 35.5. The molecule has 0 fully saturated rings. The fourth-order valence-electron chi connectivity index (χ4n) is 0.854. The van der Waals surface area contributed by atoms with Gasteiger partial charge in [0.1, 0.15) is 6.10 Å². The summed E-state index contributed by atoms with van der Waals surface area (Å²) in [5.41, 5.74) is 0. The number of hydrogen-bond donors (Lipinski definition) is 0. The maximum absolute atomic E-state index is 10.5. The summed E-state index contributed by atoms with van der Waals surface area (Å²) in [6, 6.07) is 0. The lowest BCUT2D eigenvalue weighted by atomic mass is 10.2. The standard InChI is InChI=1S/C9H17ClO2/c1-3-4-5-6-7-12-8(2)9(10)11/h8H,3-7H2,1-2H3/t8-/m0/s1. The van der Waals surface area contributed by atoms with E-state index in [1.54, 1.807) is 6.92 Å². The number of unbranched alkanes of at least 4 members (excludes halogenated alkanes) is 3. The van der Waals surface area contributed by atoms with E-state index in [1.807, 2.05) is 0 Å². The smallest absolute Gasteiger partial charge is 0.250 e. The van der Waals surface area contributed by atoms with Crippen molar-refractivity contribution in [3.05, 3.63) is 0 Å². The average molecular weight is 193 g/mol. The molecule has 0 aromatic carbocycles. The Bertz CT molecular complexity index is 126. The molecule has 12 heavy (non-hydrogen) atoms. The Balaban J connectivity index is 3.14. The molecule has 0 bridgehead atoms. The van der Waals surface area contributed by atoms with Gasteiger partial charge in [0, 0.05) is 6.61 Å². The molecule has 0 radical (unpaired) electrons. The Morgan fingerprint density at radius 2 is 2.08 bits per heavy atom. The highest BCUT2D eigenvalue weighted by Gasteiger charge is 2.08. The van der Waals surface area contributed by atoms with Gasteiger partial charge in [-0.2, -0.15) is 0 Å². The van der Waals surface area contributed by atoms with Gasteiger partial charge < -0.3 is 4.74 Å². The predicted molar refractivity (Wildman–Crippen MR) is 50.4 cm³/mol. The van der Waals surface area contributed by atoms with Gasteiger partial charge in [0.25, 0.3) is 0 Å². The van der Waals surface area contributed by atoms with Crippen molar-refractivity contribution < 1.29 is 9.53 Å². The Hall–Kier alpha value is -0.0800. The predicted octanol–water partition coefficient (Wildman–Crippen LogP) is 2.74. The molecule has 0 amide bonds. The topological polar surface area (TPSA) is 26.3 Å². The summed E-state index contributed by atoms with van der Waals surface area (Å²) < 4.78 is 5.17. The number of carbonyl (C=O) groups excluding carboxylic acids is 1. The first-order valence-electron chi connectivity index (χ1n) is 4.49. The van der Waals surface area contributed by atoms with E-state index >= 15 is 0 Å². The van der Waals surface area contributed by atoms with Crippen molar-refractivity contribution in [2.75, 3.05) is 6.61 Å². The van der Waals surface area contributed by atoms with Crippen molar-refractivity contribution in [2.24, 2.45) is 0 Å². The molecule has 0 rings (SSSR count). The van der Waals surface area contributed by atoms with Crippen LogP contribution in [-0.4, -0.2) is 18.0 Å². The van der Waals surface area contributed by atoms with Gasteiger partial charge in [-0.25, -0.2) is 0 Å². The third-order valence-corrected chi connectivity index (χ3v) is 1.99. The Kier molecular flexibility index (Phi) is 7.51. The van der Waals surface area contributed by atoms with E-state index in [4.69, 9.17) is 16.3 Å². The van der Waals surface area contributed by atoms with Crippen molar-refractivity contribution in [2.45, 2.75) is 45.6 Å². The Labute approximate surface area is 79.2 Å². The quantitative estimate of drug-likeness (QED) is 0.458. The van der Waals surface area contributed by atoms with Crippen LogP contribution in [0.15, 0.2) is 0 Å². The average Bonchev–Trinajstić information content (AvgIpc) is 2.03. The number of hydrogen-bond acceptors (Lipinski definition) is 2. The molecule has 0 aromatic heterocycles. The second kappa shape index (κ2) is 7.56. The van der Waals surface area contributed by atoms with Crippen molar-refractivity contribution in [1.82, 2.24) is 0 Å². The highest BCUT2D eigenvalue weighted by molar-refractivity contribution is 6.64. The summed E-state index contributed by atoms with van der Waals surface area (Å²) in [5, 5.41) is -0.412. The first-order valence-corrected chi connectivity index (χ1v) is 4.87. The van der Waals surface area contributed by atoms with Crippen LogP contribution in [0, 0.1) is 0 Å². The lowest BCUT2D eigenvalue weighted by Crippen LogP contribution is -2.16. The minimum Gasteiger partial charge on any atom is -0.369 e. The summed E-state index contributed by atoms with van der Waals surface area (Å²) in [5.74, 6) is 0. The third kappa shape index (κ3) is 6.62. The summed E-state index contributed by atoms with van der Waals surface area (Å²) in [7, 11) is 0. The van der Waals surface area contributed by atoms with Crippen molar-refractivity contribution >= 4 is 16.8 Å². The Morgan fingerprint density at radius 3 is 2.58 bits per heavy atom. The normalized spacial score (nSPS) is 12.9. The van der Waals surface area contributed by atoms with Gasteiger partial charge in [0.15, 0.2) is 0 Å². The molecule has 0 heterocycles. The first kappa shape index (κ1) is 11.9. The van der Waals surface area contributed by atoms with Crippen LogP contribution in [0.2, 0.25) is 0 Å². The number of ether oxygens (including phenoxy) is 1. The van der Waals surface area contributed by atoms with Gasteiger partial charge in [-0.05, 0) is 24.9 Å². The highest BCUT2D eigenvalue weighted by Crippen LogP contribution is 2.02. The summed E-state index contributed by atoms with van der Waals surface area (Å²) in [4.78, 5) is 10.5. The molecule has 0 saturated heterocycles. The zero-order valence-corrected chi connectivity index (χ0v) is 8.56. The largest absolute Gasteiger partial charge is 0.369 e. The van der Waals surface area contributed by atoms with Gasteiger partial charge in [-0.15, -0.1) is 0 Å². The summed E-state index contributed by atoms with van der Waals surface area (Å²) in [6.45, 7) is 4.47. The molecular formula is C9H17ClO2. The molecule has 72 valence electrons. The molecule has 0 spiro atoms. The van der Waals surface area contributed by atoms with Crippen LogP contribution in [0.1, 0.15) is 39.5 Å². The molecule has 1 atom stereocenters. The lowest BCUT2D eigenvalue weighted by Gasteiger charge is -2.07. The van der Waals surface area contributed by atoms with Crippen LogP contribution in [0.3, 0.4) is 0 Å². The SMILES string of the molecule is CCCCCCO[C@@H](C)C(=O)Cl.